The van der Waals surface area contributed by atoms with Crippen LogP contribution in [-0.2, 0) is 19.9 Å². The maximum absolute atomic E-state index is 10.2. The predicted molar refractivity (Wildman–Crippen MR) is 29.7 cm³/mol. The van der Waals surface area contributed by atoms with E-state index in [1.807, 2.05) is 0 Å². The molecule has 56 valence electrons. The summed E-state index contributed by atoms with van der Waals surface area (Å²) in [5.74, 6) is 0. The molecule has 0 saturated heterocycles. The zero-order chi connectivity index (χ0) is 7.33. The van der Waals surface area contributed by atoms with Gasteiger partial charge in [-0.3, -0.25) is 8.42 Å². The van der Waals surface area contributed by atoms with E-state index < -0.39 is 10.2 Å². The van der Waals surface area contributed by atoms with Crippen molar-refractivity contribution in [2.75, 3.05) is 14.2 Å². The van der Waals surface area contributed by atoms with Crippen molar-refractivity contribution >= 4 is 10.2 Å². The van der Waals surface area contributed by atoms with Gasteiger partial charge in [-0.1, -0.05) is 0 Å². The largest absolute Gasteiger partial charge is 1.00 e. The van der Waals surface area contributed by atoms with Gasteiger partial charge in [-0.25, -0.2) is 0 Å². The van der Waals surface area contributed by atoms with Crippen LogP contribution in [-0.4, -0.2) is 22.6 Å². The third-order valence-electron chi connectivity index (χ3n) is 0.337. The first-order valence-electron chi connectivity index (χ1n) is 1.88. The van der Waals surface area contributed by atoms with E-state index in [1.165, 1.54) is 0 Å². The van der Waals surface area contributed by atoms with Crippen LogP contribution in [0.4, 0.5) is 0 Å². The van der Waals surface area contributed by atoms with Crippen molar-refractivity contribution in [1.29, 1.82) is 0 Å². The Kier molecular flexibility index (Phi) is 16.7. The summed E-state index contributed by atoms with van der Waals surface area (Å²) in [7, 11) is -1.68. The Hall–Kier alpha value is 1.79. The molecular formula is C2H6N2Na2O4S. The fourth-order valence-corrected chi connectivity index (χ4v) is 0.606. The molecule has 0 radical (unpaired) electrons. The van der Waals surface area contributed by atoms with Crippen LogP contribution in [0.25, 0.3) is 9.77 Å². The molecule has 0 spiro atoms. The Bertz CT molecular complexity index is 147. The fraction of sp³-hybridized carbons (Fsp3) is 1.00. The first-order valence-corrected chi connectivity index (χ1v) is 3.28. The van der Waals surface area contributed by atoms with Gasteiger partial charge in [-0.05, 0) is 0 Å². The molecule has 0 aromatic heterocycles. The Morgan fingerprint density at radius 3 is 1.45 bits per heavy atom. The molecule has 0 N–H and O–H groups in total. The van der Waals surface area contributed by atoms with E-state index in [4.69, 9.17) is 0 Å². The van der Waals surface area contributed by atoms with Crippen molar-refractivity contribution < 1.29 is 77.2 Å². The van der Waals surface area contributed by atoms with Crippen LogP contribution in [0.2, 0.25) is 0 Å². The van der Waals surface area contributed by atoms with Gasteiger partial charge in [0.05, 0.1) is 0 Å². The molecule has 0 aromatic rings. The minimum Gasteiger partial charge on any atom is -0.476 e. The molecule has 0 fully saturated rings. The molecule has 0 atom stereocenters. The van der Waals surface area contributed by atoms with Crippen LogP contribution in [0, 0.1) is 0 Å². The molecule has 0 aliphatic rings. The van der Waals surface area contributed by atoms with E-state index in [9.17, 15) is 8.42 Å². The Morgan fingerprint density at radius 2 is 1.27 bits per heavy atom. The Morgan fingerprint density at radius 1 is 1.00 bits per heavy atom. The molecule has 0 unspecified atom stereocenters. The third-order valence-corrected chi connectivity index (χ3v) is 1.01. The van der Waals surface area contributed by atoms with Crippen LogP contribution in [0.15, 0.2) is 0 Å². The van der Waals surface area contributed by atoms with Crippen molar-refractivity contribution in [3.8, 4) is 0 Å². The molecule has 0 heterocycles. The molecule has 11 heavy (non-hydrogen) atoms. The van der Waals surface area contributed by atoms with Crippen molar-refractivity contribution in [3.63, 3.8) is 0 Å². The smallest absolute Gasteiger partial charge is 0.476 e. The summed E-state index contributed by atoms with van der Waals surface area (Å²) in [6.45, 7) is 0. The topological polar surface area (TPSA) is 80.8 Å². The van der Waals surface area contributed by atoms with Crippen LogP contribution >= 0.6 is 0 Å². The average molecular weight is 200 g/mol. The summed E-state index contributed by atoms with van der Waals surface area (Å²) in [5, 5.41) is 0. The quantitative estimate of drug-likeness (QED) is 0.334. The van der Waals surface area contributed by atoms with Gasteiger partial charge >= 0.3 is 59.1 Å². The van der Waals surface area contributed by atoms with Crippen molar-refractivity contribution in [2.45, 2.75) is 0 Å². The van der Waals surface area contributed by atoms with Crippen molar-refractivity contribution in [2.24, 2.45) is 0 Å². The molecule has 9 heteroatoms. The summed E-state index contributed by atoms with van der Waals surface area (Å²) in [4.78, 5) is 13.1. The summed E-state index contributed by atoms with van der Waals surface area (Å²) >= 11 is 0. The van der Waals surface area contributed by atoms with Gasteiger partial charge < -0.3 is 19.4 Å². The molecule has 0 aliphatic heterocycles. The predicted octanol–water partition coefficient (Wildman–Crippen LogP) is -5.89. The molecule has 0 aromatic carbocycles. The summed E-state index contributed by atoms with van der Waals surface area (Å²) in [6.07, 6.45) is 0. The average Bonchev–Trinajstić information content (AvgIpc) is 1.64. The number of rotatable bonds is 4. The molecule has 6 nitrogen and oxygen atoms in total. The zero-order valence-electron chi connectivity index (χ0n) is 6.94. The Labute approximate surface area is 110 Å². The zero-order valence-corrected chi connectivity index (χ0v) is 11.8. The van der Waals surface area contributed by atoms with E-state index in [0.717, 1.165) is 14.2 Å². The SMILES string of the molecule is CO[N-]S(=O)(=O)[N-]OC.[Na+].[Na+]. The van der Waals surface area contributed by atoms with Crippen LogP contribution in [0.3, 0.4) is 0 Å². The second-order valence-corrected chi connectivity index (χ2v) is 2.16. The van der Waals surface area contributed by atoms with E-state index in [2.05, 4.69) is 19.4 Å². The Balaban J connectivity index is -0.000000320. The monoisotopic (exact) mass is 200 g/mol. The van der Waals surface area contributed by atoms with Gasteiger partial charge in [0, 0.05) is 24.4 Å². The van der Waals surface area contributed by atoms with Gasteiger partial charge in [-0.2, -0.15) is 0 Å². The second kappa shape index (κ2) is 9.87. The minimum atomic E-state index is -3.88. The molecule has 0 rings (SSSR count). The van der Waals surface area contributed by atoms with Gasteiger partial charge in [0.1, 0.15) is 0 Å². The van der Waals surface area contributed by atoms with Gasteiger partial charge in [-0.15, -0.1) is 0 Å². The van der Waals surface area contributed by atoms with Crippen LogP contribution < -0.4 is 59.1 Å². The summed E-state index contributed by atoms with van der Waals surface area (Å²) in [5.41, 5.74) is 0. The van der Waals surface area contributed by atoms with E-state index in [-0.39, 0.29) is 59.1 Å². The molecule has 0 amide bonds. The molecular weight excluding hydrogens is 194 g/mol. The van der Waals surface area contributed by atoms with E-state index in [1.54, 1.807) is 0 Å². The van der Waals surface area contributed by atoms with Crippen LogP contribution in [0.5, 0.6) is 0 Å². The molecule has 0 aliphatic carbocycles. The van der Waals surface area contributed by atoms with E-state index in [0.29, 0.717) is 0 Å². The second-order valence-electron chi connectivity index (χ2n) is 0.962. The normalized spacial score (nSPS) is 9.64. The van der Waals surface area contributed by atoms with Gasteiger partial charge in [0.15, 0.2) is 0 Å². The number of nitrogens with zero attached hydrogens (tertiary/aromatic N) is 2. The third kappa shape index (κ3) is 11.8. The first kappa shape index (κ1) is 18.5. The van der Waals surface area contributed by atoms with Crippen LogP contribution in [0.1, 0.15) is 0 Å². The van der Waals surface area contributed by atoms with Gasteiger partial charge in [0.25, 0.3) is 0 Å². The van der Waals surface area contributed by atoms with Crippen molar-refractivity contribution in [3.05, 3.63) is 9.77 Å². The molecule has 0 saturated carbocycles. The number of hydrogen-bond acceptors (Lipinski definition) is 4. The summed E-state index contributed by atoms with van der Waals surface area (Å²) < 4.78 is 20.5. The van der Waals surface area contributed by atoms with E-state index >= 15 is 0 Å². The fourth-order valence-electron chi connectivity index (χ4n) is 0.202. The minimum absolute atomic E-state index is 0. The molecule has 0 bridgehead atoms. The maximum atomic E-state index is 10.2. The number of hydrogen-bond donors (Lipinski definition) is 0. The standard InChI is InChI=1S/C2H6N2O4S.2Na/c1-7-3-9(5,6)4-8-2;;/h1-2H3;;/q-2;2*+1. The first-order chi connectivity index (χ1) is 4.12. The van der Waals surface area contributed by atoms with Gasteiger partial charge in [0.2, 0.25) is 0 Å². The maximum Gasteiger partial charge on any atom is 1.00 e. The van der Waals surface area contributed by atoms with Crippen molar-refractivity contribution in [1.82, 2.24) is 0 Å². The summed E-state index contributed by atoms with van der Waals surface area (Å²) in [6, 6.07) is 0.